The number of carbonyl (C=O) groups is 2. The van der Waals surface area contributed by atoms with E-state index in [0.29, 0.717) is 31.5 Å². The van der Waals surface area contributed by atoms with Crippen molar-refractivity contribution in [2.45, 2.75) is 45.8 Å². The first-order valence-corrected chi connectivity index (χ1v) is 10.5. The lowest BCUT2D eigenvalue weighted by Crippen LogP contribution is -2.43. The predicted molar refractivity (Wildman–Crippen MR) is 114 cm³/mol. The number of rotatable bonds is 6. The van der Waals surface area contributed by atoms with Gasteiger partial charge in [0.25, 0.3) is 5.91 Å². The number of hydrogen-bond acceptors (Lipinski definition) is 3. The molecule has 1 aliphatic heterocycles. The minimum atomic E-state index is -0.364. The molecule has 1 aliphatic rings. The fraction of sp³-hybridized carbons (Fsp3) is 0.417. The van der Waals surface area contributed by atoms with Crippen LogP contribution in [0.15, 0.2) is 48.5 Å². The molecule has 6 heteroatoms. The van der Waals surface area contributed by atoms with Gasteiger partial charge in [-0.05, 0) is 75.6 Å². The average molecular weight is 413 g/mol. The molecule has 1 unspecified atom stereocenters. The molecule has 1 heterocycles. The Bertz CT molecular complexity index is 874. The first kappa shape index (κ1) is 21.8. The number of carbonyl (C=O) groups excluding carboxylic acids is 2. The summed E-state index contributed by atoms with van der Waals surface area (Å²) in [4.78, 5) is 27.0. The SMILES string of the molecule is CC(C)Oc1cccc(C(C)NC(=O)C2CCN(C(=O)c3ccc(F)cc3)CC2)c1. The summed E-state index contributed by atoms with van der Waals surface area (Å²) in [5, 5.41) is 3.09. The second kappa shape index (κ2) is 9.74. The Labute approximate surface area is 177 Å². The minimum Gasteiger partial charge on any atom is -0.491 e. The number of piperidine rings is 1. The molecule has 1 saturated heterocycles. The molecule has 2 amide bonds. The number of benzene rings is 2. The quantitative estimate of drug-likeness (QED) is 0.768. The van der Waals surface area contributed by atoms with Gasteiger partial charge < -0.3 is 15.0 Å². The Morgan fingerprint density at radius 1 is 1.07 bits per heavy atom. The van der Waals surface area contributed by atoms with Crippen LogP contribution in [0.25, 0.3) is 0 Å². The summed E-state index contributed by atoms with van der Waals surface area (Å²) in [5.41, 5.74) is 1.46. The first-order chi connectivity index (χ1) is 14.3. The molecule has 0 aliphatic carbocycles. The minimum absolute atomic E-state index is 0.00608. The summed E-state index contributed by atoms with van der Waals surface area (Å²) in [6, 6.07) is 13.2. The van der Waals surface area contributed by atoms with Gasteiger partial charge in [-0.1, -0.05) is 12.1 Å². The third-order valence-corrected chi connectivity index (χ3v) is 5.33. The van der Waals surface area contributed by atoms with E-state index in [2.05, 4.69) is 5.32 Å². The number of halogens is 1. The summed E-state index contributed by atoms with van der Waals surface area (Å²) in [6.45, 7) is 6.94. The van der Waals surface area contributed by atoms with E-state index >= 15 is 0 Å². The second-order valence-electron chi connectivity index (χ2n) is 8.04. The predicted octanol–water partition coefficient (Wildman–Crippen LogP) is 4.34. The number of likely N-dealkylation sites (tertiary alicyclic amines) is 1. The molecule has 1 atom stereocenters. The van der Waals surface area contributed by atoms with E-state index in [1.807, 2.05) is 45.0 Å². The monoisotopic (exact) mass is 412 g/mol. The van der Waals surface area contributed by atoms with Crippen LogP contribution in [0.2, 0.25) is 0 Å². The summed E-state index contributed by atoms with van der Waals surface area (Å²) in [7, 11) is 0. The molecule has 5 nitrogen and oxygen atoms in total. The van der Waals surface area contributed by atoms with Crippen LogP contribution in [0.5, 0.6) is 5.75 Å². The molecule has 1 N–H and O–H groups in total. The summed E-state index contributed by atoms with van der Waals surface area (Å²) in [6.07, 6.45) is 1.32. The van der Waals surface area contributed by atoms with Crippen molar-refractivity contribution < 1.29 is 18.7 Å². The fourth-order valence-corrected chi connectivity index (χ4v) is 3.66. The van der Waals surface area contributed by atoms with Crippen molar-refractivity contribution in [1.29, 1.82) is 0 Å². The van der Waals surface area contributed by atoms with Crippen LogP contribution in [-0.2, 0) is 4.79 Å². The molecule has 160 valence electrons. The highest BCUT2D eigenvalue weighted by molar-refractivity contribution is 5.94. The highest BCUT2D eigenvalue weighted by atomic mass is 19.1. The maximum Gasteiger partial charge on any atom is 0.253 e. The highest BCUT2D eigenvalue weighted by Gasteiger charge is 2.28. The number of nitrogens with zero attached hydrogens (tertiary/aromatic N) is 1. The van der Waals surface area contributed by atoms with Gasteiger partial charge in [-0.2, -0.15) is 0 Å². The van der Waals surface area contributed by atoms with Crippen LogP contribution >= 0.6 is 0 Å². The maximum absolute atomic E-state index is 13.1. The molecule has 3 rings (SSSR count). The van der Waals surface area contributed by atoms with E-state index in [9.17, 15) is 14.0 Å². The van der Waals surface area contributed by atoms with Gasteiger partial charge in [0.2, 0.25) is 5.91 Å². The molecule has 0 bridgehead atoms. The molecule has 0 saturated carbocycles. The number of nitrogens with one attached hydrogen (secondary N) is 1. The van der Waals surface area contributed by atoms with Gasteiger partial charge in [0.15, 0.2) is 0 Å². The Balaban J connectivity index is 1.52. The van der Waals surface area contributed by atoms with Crippen molar-refractivity contribution in [3.05, 3.63) is 65.5 Å². The van der Waals surface area contributed by atoms with E-state index in [1.165, 1.54) is 24.3 Å². The lowest BCUT2D eigenvalue weighted by atomic mass is 9.94. The normalized spacial score (nSPS) is 15.7. The lowest BCUT2D eigenvalue weighted by molar-refractivity contribution is -0.127. The van der Waals surface area contributed by atoms with Gasteiger partial charge in [-0.25, -0.2) is 4.39 Å². The molecule has 2 aromatic carbocycles. The molecule has 1 fully saturated rings. The Morgan fingerprint density at radius 3 is 2.37 bits per heavy atom. The van der Waals surface area contributed by atoms with Crippen LogP contribution in [-0.4, -0.2) is 35.9 Å². The third kappa shape index (κ3) is 5.59. The van der Waals surface area contributed by atoms with Crippen molar-refractivity contribution in [2.24, 2.45) is 5.92 Å². The first-order valence-electron chi connectivity index (χ1n) is 10.5. The molecule has 30 heavy (non-hydrogen) atoms. The topological polar surface area (TPSA) is 58.6 Å². The van der Waals surface area contributed by atoms with E-state index < -0.39 is 0 Å². The zero-order valence-corrected chi connectivity index (χ0v) is 17.7. The Hall–Kier alpha value is -2.89. The van der Waals surface area contributed by atoms with Crippen LogP contribution in [0.4, 0.5) is 4.39 Å². The van der Waals surface area contributed by atoms with Gasteiger partial charge in [0.1, 0.15) is 11.6 Å². The van der Waals surface area contributed by atoms with Crippen LogP contribution < -0.4 is 10.1 Å². The standard InChI is InChI=1S/C24H29FN2O3/c1-16(2)30-22-6-4-5-20(15-22)17(3)26-23(28)18-11-13-27(14-12-18)24(29)19-7-9-21(25)10-8-19/h4-10,15-18H,11-14H2,1-3H3,(H,26,28). The van der Waals surface area contributed by atoms with Crippen molar-refractivity contribution in [1.82, 2.24) is 10.2 Å². The molecular formula is C24H29FN2O3. The third-order valence-electron chi connectivity index (χ3n) is 5.33. The second-order valence-corrected chi connectivity index (χ2v) is 8.04. The Kier molecular flexibility index (Phi) is 7.08. The molecule has 0 spiro atoms. The van der Waals surface area contributed by atoms with E-state index in [0.717, 1.165) is 11.3 Å². The van der Waals surface area contributed by atoms with Crippen molar-refractivity contribution in [3.63, 3.8) is 0 Å². The Morgan fingerprint density at radius 2 is 1.73 bits per heavy atom. The molecule has 0 radical (unpaired) electrons. The van der Waals surface area contributed by atoms with Crippen molar-refractivity contribution >= 4 is 11.8 Å². The summed E-state index contributed by atoms with van der Waals surface area (Å²) >= 11 is 0. The molecular weight excluding hydrogens is 383 g/mol. The van der Waals surface area contributed by atoms with Crippen LogP contribution in [0.3, 0.4) is 0 Å². The summed E-state index contributed by atoms with van der Waals surface area (Å²) in [5.74, 6) is 0.184. The average Bonchev–Trinajstić information content (AvgIpc) is 2.73. The van der Waals surface area contributed by atoms with Crippen LogP contribution in [0, 0.1) is 11.7 Å². The zero-order valence-electron chi connectivity index (χ0n) is 17.7. The van der Waals surface area contributed by atoms with Gasteiger partial charge in [0, 0.05) is 24.6 Å². The van der Waals surface area contributed by atoms with Gasteiger partial charge in [-0.3, -0.25) is 9.59 Å². The van der Waals surface area contributed by atoms with Crippen molar-refractivity contribution in [2.75, 3.05) is 13.1 Å². The van der Waals surface area contributed by atoms with E-state index in [4.69, 9.17) is 4.74 Å². The van der Waals surface area contributed by atoms with Gasteiger partial charge >= 0.3 is 0 Å². The number of hydrogen-bond donors (Lipinski definition) is 1. The number of amides is 2. The molecule has 0 aromatic heterocycles. The lowest BCUT2D eigenvalue weighted by Gasteiger charge is -2.32. The number of ether oxygens (including phenoxy) is 1. The van der Waals surface area contributed by atoms with E-state index in [1.54, 1.807) is 4.90 Å². The smallest absolute Gasteiger partial charge is 0.253 e. The zero-order chi connectivity index (χ0) is 21.7. The maximum atomic E-state index is 13.1. The van der Waals surface area contributed by atoms with Crippen molar-refractivity contribution in [3.8, 4) is 5.75 Å². The molecule has 2 aromatic rings. The van der Waals surface area contributed by atoms with Crippen LogP contribution in [0.1, 0.15) is 55.6 Å². The largest absolute Gasteiger partial charge is 0.491 e. The van der Waals surface area contributed by atoms with E-state index in [-0.39, 0.29) is 35.7 Å². The van der Waals surface area contributed by atoms with Gasteiger partial charge in [0.05, 0.1) is 12.1 Å². The van der Waals surface area contributed by atoms with Gasteiger partial charge in [-0.15, -0.1) is 0 Å². The summed E-state index contributed by atoms with van der Waals surface area (Å²) < 4.78 is 18.8. The fourth-order valence-electron chi connectivity index (χ4n) is 3.66. The highest BCUT2D eigenvalue weighted by Crippen LogP contribution is 2.23.